The Kier molecular flexibility index (Phi) is 4.37. The lowest BCUT2D eigenvalue weighted by molar-refractivity contribution is -0.121. The summed E-state index contributed by atoms with van der Waals surface area (Å²) in [6, 6.07) is 5.46. The molecule has 0 radical (unpaired) electrons. The number of carbonyl (C=O) groups excluding carboxylic acids is 1. The fourth-order valence-corrected chi connectivity index (χ4v) is 2.49. The van der Waals surface area contributed by atoms with Crippen LogP contribution in [-0.2, 0) is 11.2 Å². The molecule has 0 saturated carbocycles. The lowest BCUT2D eigenvalue weighted by Crippen LogP contribution is -2.28. The molecule has 8 heteroatoms. The first kappa shape index (κ1) is 15.9. The van der Waals surface area contributed by atoms with E-state index in [2.05, 4.69) is 30.3 Å². The van der Waals surface area contributed by atoms with E-state index in [0.29, 0.717) is 11.4 Å². The highest BCUT2D eigenvalue weighted by Crippen LogP contribution is 2.19. The van der Waals surface area contributed by atoms with E-state index in [9.17, 15) is 4.79 Å². The Morgan fingerprint density at radius 2 is 2.17 bits per heavy atom. The summed E-state index contributed by atoms with van der Waals surface area (Å²) in [5, 5.41) is 14.7. The van der Waals surface area contributed by atoms with Gasteiger partial charge in [-0.1, -0.05) is 16.4 Å². The predicted octanol–water partition coefficient (Wildman–Crippen LogP) is 1.69. The number of aromatic nitrogens is 5. The Labute approximate surface area is 138 Å². The molecular weight excluding hydrogens is 308 g/mol. The molecule has 0 spiro atoms. The molecule has 1 N–H and O–H groups in total. The van der Waals surface area contributed by atoms with Gasteiger partial charge >= 0.3 is 0 Å². The van der Waals surface area contributed by atoms with Crippen molar-refractivity contribution in [1.82, 2.24) is 30.4 Å². The minimum atomic E-state index is -0.185. The van der Waals surface area contributed by atoms with Crippen molar-refractivity contribution in [2.45, 2.75) is 33.2 Å². The third-order valence-corrected chi connectivity index (χ3v) is 3.83. The van der Waals surface area contributed by atoms with Crippen LogP contribution in [0.3, 0.4) is 0 Å². The molecule has 124 valence electrons. The van der Waals surface area contributed by atoms with Crippen LogP contribution in [0.4, 0.5) is 0 Å². The first-order valence-corrected chi connectivity index (χ1v) is 7.59. The summed E-state index contributed by atoms with van der Waals surface area (Å²) in [6.07, 6.45) is 3.60. The third-order valence-electron chi connectivity index (χ3n) is 3.83. The number of amides is 1. The molecule has 0 bridgehead atoms. The minimum Gasteiger partial charge on any atom is -0.349 e. The number of nitrogens with one attached hydrogen (secondary N) is 1. The second-order valence-electron chi connectivity index (χ2n) is 5.55. The van der Waals surface area contributed by atoms with Crippen molar-refractivity contribution >= 4 is 5.91 Å². The molecule has 3 heterocycles. The fourth-order valence-electron chi connectivity index (χ4n) is 2.49. The SMILES string of the molecule is Cc1nonc1CC(=O)NC(C)c1cnn(-c2ccccn2)c1C. The van der Waals surface area contributed by atoms with Crippen LogP contribution < -0.4 is 5.32 Å². The fraction of sp³-hybridized carbons (Fsp3) is 0.312. The van der Waals surface area contributed by atoms with Gasteiger partial charge in [0.2, 0.25) is 5.91 Å². The quantitative estimate of drug-likeness (QED) is 0.766. The highest BCUT2D eigenvalue weighted by Gasteiger charge is 2.18. The van der Waals surface area contributed by atoms with Gasteiger partial charge in [0.15, 0.2) is 5.82 Å². The Morgan fingerprint density at radius 1 is 1.33 bits per heavy atom. The number of hydrogen-bond acceptors (Lipinski definition) is 6. The van der Waals surface area contributed by atoms with Crippen LogP contribution in [0.25, 0.3) is 5.82 Å². The molecule has 1 unspecified atom stereocenters. The lowest BCUT2D eigenvalue weighted by Gasteiger charge is -2.13. The van der Waals surface area contributed by atoms with Crippen LogP contribution in [0, 0.1) is 13.8 Å². The number of nitrogens with zero attached hydrogens (tertiary/aromatic N) is 5. The van der Waals surface area contributed by atoms with Gasteiger partial charge in [0.05, 0.1) is 18.7 Å². The van der Waals surface area contributed by atoms with Gasteiger partial charge in [-0.3, -0.25) is 4.79 Å². The Morgan fingerprint density at radius 3 is 2.83 bits per heavy atom. The van der Waals surface area contributed by atoms with Gasteiger partial charge in [-0.15, -0.1) is 0 Å². The Bertz CT molecular complexity index is 839. The monoisotopic (exact) mass is 326 g/mol. The van der Waals surface area contributed by atoms with Crippen LogP contribution in [-0.4, -0.2) is 31.0 Å². The standard InChI is InChI=1S/C16H18N6O2/c1-10(19-16(23)8-14-11(2)20-24-21-14)13-9-18-22(12(13)3)15-6-4-5-7-17-15/h4-7,9-10H,8H2,1-3H3,(H,19,23). The zero-order chi connectivity index (χ0) is 17.1. The molecule has 0 fully saturated rings. The van der Waals surface area contributed by atoms with Gasteiger partial charge < -0.3 is 5.32 Å². The van der Waals surface area contributed by atoms with Crippen molar-refractivity contribution in [3.63, 3.8) is 0 Å². The molecule has 0 aromatic carbocycles. The summed E-state index contributed by atoms with van der Waals surface area (Å²) in [5.74, 6) is 0.593. The first-order valence-electron chi connectivity index (χ1n) is 7.59. The van der Waals surface area contributed by atoms with E-state index < -0.39 is 0 Å². The van der Waals surface area contributed by atoms with E-state index in [1.165, 1.54) is 0 Å². The second-order valence-corrected chi connectivity index (χ2v) is 5.55. The lowest BCUT2D eigenvalue weighted by atomic mass is 10.1. The summed E-state index contributed by atoms with van der Waals surface area (Å²) in [5.41, 5.74) is 3.03. The maximum atomic E-state index is 12.2. The van der Waals surface area contributed by atoms with E-state index in [1.54, 1.807) is 24.0 Å². The maximum Gasteiger partial charge on any atom is 0.226 e. The van der Waals surface area contributed by atoms with Crippen molar-refractivity contribution in [3.05, 3.63) is 53.2 Å². The highest BCUT2D eigenvalue weighted by atomic mass is 16.6. The molecule has 3 aromatic rings. The van der Waals surface area contributed by atoms with Gasteiger partial charge in [0.25, 0.3) is 0 Å². The van der Waals surface area contributed by atoms with Crippen LogP contribution in [0.15, 0.2) is 35.2 Å². The summed E-state index contributed by atoms with van der Waals surface area (Å²) in [6.45, 7) is 5.62. The highest BCUT2D eigenvalue weighted by molar-refractivity contribution is 5.78. The Balaban J connectivity index is 1.72. The van der Waals surface area contributed by atoms with Crippen molar-refractivity contribution in [1.29, 1.82) is 0 Å². The molecule has 3 rings (SSSR count). The number of carbonyl (C=O) groups is 1. The van der Waals surface area contributed by atoms with Crippen molar-refractivity contribution in [2.24, 2.45) is 0 Å². The molecule has 0 aliphatic rings. The van der Waals surface area contributed by atoms with E-state index >= 15 is 0 Å². The molecule has 8 nitrogen and oxygen atoms in total. The number of aryl methyl sites for hydroxylation is 1. The largest absolute Gasteiger partial charge is 0.349 e. The molecule has 3 aromatic heterocycles. The minimum absolute atomic E-state index is 0.132. The van der Waals surface area contributed by atoms with Crippen molar-refractivity contribution < 1.29 is 9.42 Å². The van der Waals surface area contributed by atoms with Gasteiger partial charge in [0.1, 0.15) is 11.4 Å². The normalized spacial score (nSPS) is 12.1. The molecule has 24 heavy (non-hydrogen) atoms. The van der Waals surface area contributed by atoms with Gasteiger partial charge in [-0.25, -0.2) is 14.3 Å². The summed E-state index contributed by atoms with van der Waals surface area (Å²) in [4.78, 5) is 16.5. The topological polar surface area (TPSA) is 98.7 Å². The maximum absolute atomic E-state index is 12.2. The molecule has 1 atom stereocenters. The molecule has 0 aliphatic carbocycles. The summed E-state index contributed by atoms with van der Waals surface area (Å²) < 4.78 is 6.36. The number of rotatable bonds is 5. The van der Waals surface area contributed by atoms with E-state index in [0.717, 1.165) is 17.1 Å². The predicted molar refractivity (Wildman–Crippen MR) is 85.4 cm³/mol. The smallest absolute Gasteiger partial charge is 0.226 e. The van der Waals surface area contributed by atoms with Crippen molar-refractivity contribution in [2.75, 3.05) is 0 Å². The third kappa shape index (κ3) is 3.17. The van der Waals surface area contributed by atoms with Crippen molar-refractivity contribution in [3.8, 4) is 5.82 Å². The summed E-state index contributed by atoms with van der Waals surface area (Å²) >= 11 is 0. The number of hydrogen-bond donors (Lipinski definition) is 1. The van der Waals surface area contributed by atoms with E-state index in [1.807, 2.05) is 32.0 Å². The van der Waals surface area contributed by atoms with Gasteiger partial charge in [-0.05, 0) is 32.9 Å². The van der Waals surface area contributed by atoms with Gasteiger partial charge in [-0.2, -0.15) is 5.10 Å². The Hall–Kier alpha value is -3.03. The first-order chi connectivity index (χ1) is 11.6. The van der Waals surface area contributed by atoms with Crippen LogP contribution in [0.1, 0.15) is 35.6 Å². The zero-order valence-corrected chi connectivity index (χ0v) is 13.7. The molecule has 1 amide bonds. The number of pyridine rings is 1. The van der Waals surface area contributed by atoms with Crippen LogP contribution >= 0.6 is 0 Å². The second kappa shape index (κ2) is 6.61. The van der Waals surface area contributed by atoms with E-state index in [4.69, 9.17) is 0 Å². The van der Waals surface area contributed by atoms with Crippen LogP contribution in [0.2, 0.25) is 0 Å². The van der Waals surface area contributed by atoms with Crippen LogP contribution in [0.5, 0.6) is 0 Å². The summed E-state index contributed by atoms with van der Waals surface area (Å²) in [7, 11) is 0. The van der Waals surface area contributed by atoms with Gasteiger partial charge in [0, 0.05) is 17.5 Å². The average Bonchev–Trinajstić information content (AvgIpc) is 3.14. The van der Waals surface area contributed by atoms with E-state index in [-0.39, 0.29) is 18.4 Å². The average molecular weight is 326 g/mol. The molecule has 0 aliphatic heterocycles. The molecular formula is C16H18N6O2. The molecule has 0 saturated heterocycles. The zero-order valence-electron chi connectivity index (χ0n) is 13.7.